The number of carbonyl (C=O) groups excluding carboxylic acids is 1. The zero-order valence-corrected chi connectivity index (χ0v) is 11.9. The first kappa shape index (κ1) is 14.6. The number of hydrogen-bond donors (Lipinski definition) is 0. The van der Waals surface area contributed by atoms with Gasteiger partial charge in [0.05, 0.1) is 0 Å². The molecule has 1 aliphatic heterocycles. The fourth-order valence-electron chi connectivity index (χ4n) is 3.08. The molecule has 0 spiro atoms. The van der Waals surface area contributed by atoms with Crippen molar-refractivity contribution in [2.24, 2.45) is 0 Å². The van der Waals surface area contributed by atoms with Crippen LogP contribution in [-0.2, 0) is 16.6 Å². The Hall–Kier alpha value is -2.30. The predicted molar refractivity (Wildman–Crippen MR) is 77.7 cm³/mol. The van der Waals surface area contributed by atoms with Crippen molar-refractivity contribution in [1.29, 1.82) is 0 Å². The number of para-hydroxylation sites is 1. The highest BCUT2D eigenvalue weighted by molar-refractivity contribution is 6.08. The molecule has 22 heavy (non-hydrogen) atoms. The molecule has 0 fully saturated rings. The summed E-state index contributed by atoms with van der Waals surface area (Å²) in [7, 11) is 1.39. The largest absolute Gasteiger partial charge is 0.407 e. The average Bonchev–Trinajstić information content (AvgIpc) is 2.71. The number of likely N-dealkylation sites (N-methyl/N-ethyl adjacent to an activating group) is 1. The molecule has 0 N–H and O–H groups in total. The Kier molecular flexibility index (Phi) is 3.24. The Morgan fingerprint density at radius 1 is 1.00 bits per heavy atom. The molecular formula is C17H14F3NO. The Balaban J connectivity index is 2.22. The first-order chi connectivity index (χ1) is 10.4. The molecule has 0 radical (unpaired) electrons. The molecule has 2 aromatic rings. The molecule has 5 heteroatoms. The molecule has 1 amide bonds. The van der Waals surface area contributed by atoms with E-state index in [9.17, 15) is 18.0 Å². The molecule has 3 rings (SSSR count). The van der Waals surface area contributed by atoms with Crippen LogP contribution in [0.3, 0.4) is 0 Å². The van der Waals surface area contributed by atoms with Crippen LogP contribution in [0, 0.1) is 0 Å². The Labute approximate surface area is 126 Å². The lowest BCUT2D eigenvalue weighted by atomic mass is 9.75. The summed E-state index contributed by atoms with van der Waals surface area (Å²) in [6, 6.07) is 14.4. The van der Waals surface area contributed by atoms with Crippen molar-refractivity contribution in [3.8, 4) is 0 Å². The van der Waals surface area contributed by atoms with Gasteiger partial charge in [0.25, 0.3) is 0 Å². The van der Waals surface area contributed by atoms with Crippen LogP contribution in [0.5, 0.6) is 0 Å². The van der Waals surface area contributed by atoms with Crippen LogP contribution in [-0.4, -0.2) is 19.1 Å². The minimum Gasteiger partial charge on any atom is -0.314 e. The second-order valence-corrected chi connectivity index (χ2v) is 5.45. The third-order valence-electron chi connectivity index (χ3n) is 4.19. The van der Waals surface area contributed by atoms with Crippen LogP contribution in [0.15, 0.2) is 54.6 Å². The molecule has 0 saturated carbocycles. The first-order valence-corrected chi connectivity index (χ1v) is 6.86. The molecular weight excluding hydrogens is 291 g/mol. The molecule has 1 aliphatic rings. The van der Waals surface area contributed by atoms with E-state index in [-0.39, 0.29) is 5.56 Å². The third kappa shape index (κ3) is 1.92. The van der Waals surface area contributed by atoms with Crippen LogP contribution >= 0.6 is 0 Å². The second-order valence-electron chi connectivity index (χ2n) is 5.45. The van der Waals surface area contributed by atoms with Gasteiger partial charge in [-0.3, -0.25) is 4.79 Å². The molecule has 0 saturated heterocycles. The normalized spacial score (nSPS) is 21.1. The highest BCUT2D eigenvalue weighted by Gasteiger charge is 2.66. The number of amides is 1. The lowest BCUT2D eigenvalue weighted by Crippen LogP contribution is -2.51. The third-order valence-corrected chi connectivity index (χ3v) is 4.19. The number of anilines is 1. The maximum Gasteiger partial charge on any atom is 0.407 e. The fraction of sp³-hybridized carbons (Fsp3) is 0.235. The number of hydrogen-bond acceptors (Lipinski definition) is 1. The van der Waals surface area contributed by atoms with Gasteiger partial charge < -0.3 is 4.90 Å². The summed E-state index contributed by atoms with van der Waals surface area (Å²) >= 11 is 0. The van der Waals surface area contributed by atoms with Crippen molar-refractivity contribution in [3.05, 3.63) is 65.7 Å². The Bertz CT molecular complexity index is 711. The number of alkyl halides is 3. The molecule has 0 aliphatic carbocycles. The van der Waals surface area contributed by atoms with E-state index in [2.05, 4.69) is 0 Å². The number of benzene rings is 2. The van der Waals surface area contributed by atoms with E-state index in [1.165, 1.54) is 19.2 Å². The topological polar surface area (TPSA) is 20.3 Å². The van der Waals surface area contributed by atoms with Crippen LogP contribution in [0.1, 0.15) is 11.1 Å². The second kappa shape index (κ2) is 4.87. The molecule has 2 nitrogen and oxygen atoms in total. The van der Waals surface area contributed by atoms with Crippen LogP contribution in [0.4, 0.5) is 18.9 Å². The zero-order chi connectivity index (χ0) is 16.0. The molecule has 1 unspecified atom stereocenters. The van der Waals surface area contributed by atoms with Gasteiger partial charge in [0.1, 0.15) is 0 Å². The number of carbonyl (C=O) groups is 1. The van der Waals surface area contributed by atoms with Gasteiger partial charge in [0, 0.05) is 18.3 Å². The van der Waals surface area contributed by atoms with Crippen LogP contribution in [0.25, 0.3) is 0 Å². The van der Waals surface area contributed by atoms with Crippen molar-refractivity contribution >= 4 is 11.6 Å². The highest BCUT2D eigenvalue weighted by atomic mass is 19.4. The molecule has 2 aromatic carbocycles. The Morgan fingerprint density at radius 2 is 1.59 bits per heavy atom. The number of rotatable bonds is 2. The summed E-state index contributed by atoms with van der Waals surface area (Å²) in [5.41, 5.74) is -1.68. The van der Waals surface area contributed by atoms with Crippen molar-refractivity contribution in [3.63, 3.8) is 0 Å². The monoisotopic (exact) mass is 305 g/mol. The van der Waals surface area contributed by atoms with Crippen molar-refractivity contribution < 1.29 is 18.0 Å². The minimum absolute atomic E-state index is 0.0267. The first-order valence-electron chi connectivity index (χ1n) is 6.86. The van der Waals surface area contributed by atoms with Gasteiger partial charge in [0.2, 0.25) is 5.91 Å². The van der Waals surface area contributed by atoms with E-state index in [1.807, 2.05) is 0 Å². The number of nitrogens with zero attached hydrogens (tertiary/aromatic N) is 1. The quantitative estimate of drug-likeness (QED) is 0.828. The summed E-state index contributed by atoms with van der Waals surface area (Å²) in [6.07, 6.45) is -5.06. The van der Waals surface area contributed by atoms with Crippen molar-refractivity contribution in [2.45, 2.75) is 18.0 Å². The highest BCUT2D eigenvalue weighted by Crippen LogP contribution is 2.52. The van der Waals surface area contributed by atoms with E-state index < -0.39 is 23.9 Å². The minimum atomic E-state index is -4.67. The Morgan fingerprint density at radius 3 is 2.23 bits per heavy atom. The average molecular weight is 305 g/mol. The lowest BCUT2D eigenvalue weighted by molar-refractivity contribution is -0.191. The van der Waals surface area contributed by atoms with Gasteiger partial charge in [-0.1, -0.05) is 48.5 Å². The lowest BCUT2D eigenvalue weighted by Gasteiger charge is -2.30. The number of fused-ring (bicyclic) bond motifs is 1. The summed E-state index contributed by atoms with van der Waals surface area (Å²) in [4.78, 5) is 13.6. The standard InChI is InChI=1S/C17H14F3NO/c1-21-14-10-6-5-9-13(14)16(15(21)22,17(18,19)20)11-12-7-3-2-4-8-12/h2-10H,11H2,1H3. The summed E-state index contributed by atoms with van der Waals surface area (Å²) < 4.78 is 41.9. The number of halogens is 3. The van der Waals surface area contributed by atoms with Crippen molar-refractivity contribution in [1.82, 2.24) is 0 Å². The fourth-order valence-corrected chi connectivity index (χ4v) is 3.08. The van der Waals surface area contributed by atoms with Gasteiger partial charge >= 0.3 is 6.18 Å². The molecule has 0 aromatic heterocycles. The van der Waals surface area contributed by atoms with Gasteiger partial charge in [-0.2, -0.15) is 13.2 Å². The molecule has 0 bridgehead atoms. The molecule has 114 valence electrons. The van der Waals surface area contributed by atoms with E-state index in [0.29, 0.717) is 11.3 Å². The maximum atomic E-state index is 14.0. The van der Waals surface area contributed by atoms with E-state index >= 15 is 0 Å². The molecule has 1 heterocycles. The van der Waals surface area contributed by atoms with E-state index in [4.69, 9.17) is 0 Å². The smallest absolute Gasteiger partial charge is 0.314 e. The maximum absolute atomic E-state index is 14.0. The van der Waals surface area contributed by atoms with Gasteiger partial charge in [-0.05, 0) is 18.1 Å². The van der Waals surface area contributed by atoms with Crippen molar-refractivity contribution in [2.75, 3.05) is 11.9 Å². The molecule has 1 atom stereocenters. The zero-order valence-electron chi connectivity index (χ0n) is 11.9. The van der Waals surface area contributed by atoms with E-state index in [0.717, 1.165) is 4.90 Å². The SMILES string of the molecule is CN1C(=O)C(Cc2ccccc2)(C(F)(F)F)c2ccccc21. The summed E-state index contributed by atoms with van der Waals surface area (Å²) in [6.45, 7) is 0. The van der Waals surface area contributed by atoms with Gasteiger partial charge in [-0.15, -0.1) is 0 Å². The van der Waals surface area contributed by atoms with Crippen LogP contribution < -0.4 is 4.90 Å². The van der Waals surface area contributed by atoms with Gasteiger partial charge in [0.15, 0.2) is 5.41 Å². The summed E-state index contributed by atoms with van der Waals surface area (Å²) in [5.74, 6) is -0.926. The van der Waals surface area contributed by atoms with Crippen LogP contribution in [0.2, 0.25) is 0 Å². The summed E-state index contributed by atoms with van der Waals surface area (Å²) in [5, 5.41) is 0. The van der Waals surface area contributed by atoms with Gasteiger partial charge in [-0.25, -0.2) is 0 Å². The van der Waals surface area contributed by atoms with E-state index in [1.54, 1.807) is 42.5 Å². The predicted octanol–water partition coefficient (Wildman–Crippen LogP) is 3.71.